The summed E-state index contributed by atoms with van der Waals surface area (Å²) in [6.07, 6.45) is 1.65. The molecule has 0 spiro atoms. The summed E-state index contributed by atoms with van der Waals surface area (Å²) in [5.74, 6) is 0.389. The number of benzene rings is 2. The van der Waals surface area contributed by atoms with Crippen molar-refractivity contribution in [1.29, 1.82) is 0 Å². The van der Waals surface area contributed by atoms with Crippen LogP contribution in [0.1, 0.15) is 35.3 Å². The van der Waals surface area contributed by atoms with Gasteiger partial charge >= 0.3 is 0 Å². The average molecular weight is 366 g/mol. The third-order valence-electron chi connectivity index (χ3n) is 3.90. The van der Waals surface area contributed by atoms with E-state index in [4.69, 9.17) is 4.74 Å². The highest BCUT2D eigenvalue weighted by Gasteiger charge is 2.15. The molecule has 0 saturated heterocycles. The summed E-state index contributed by atoms with van der Waals surface area (Å²) in [7, 11) is 1.59. The molecule has 2 aromatic carbocycles. The van der Waals surface area contributed by atoms with Crippen molar-refractivity contribution in [3.63, 3.8) is 0 Å². The summed E-state index contributed by atoms with van der Waals surface area (Å²) in [5, 5.41) is 5.58. The number of nitrogens with one attached hydrogen (secondary N) is 2. The van der Waals surface area contributed by atoms with E-state index in [9.17, 15) is 9.59 Å². The largest absolute Gasteiger partial charge is 0.497 e. The number of carbonyl (C=O) groups is 2. The van der Waals surface area contributed by atoms with E-state index in [0.717, 1.165) is 16.9 Å². The van der Waals surface area contributed by atoms with Crippen LogP contribution in [0.4, 0.5) is 0 Å². The van der Waals surface area contributed by atoms with Gasteiger partial charge in [-0.3, -0.25) is 9.59 Å². The molecular weight excluding hydrogens is 340 g/mol. The Morgan fingerprint density at radius 1 is 1.04 bits per heavy atom. The molecule has 2 amide bonds. The number of methoxy groups -OCH3 is 1. The lowest BCUT2D eigenvalue weighted by Gasteiger charge is -2.13. The zero-order valence-corrected chi connectivity index (χ0v) is 16.2. The molecule has 5 nitrogen and oxygen atoms in total. The van der Waals surface area contributed by atoms with Crippen molar-refractivity contribution < 1.29 is 14.3 Å². The standard InChI is InChI=1S/C22H26N2O3/c1-15(2)14-23-22(26)20(13-17-7-11-19(27-4)12-8-17)24-21(25)18-9-5-16(3)6-10-18/h5-13,15H,14H2,1-4H3,(H,23,26)(H,24,25). The van der Waals surface area contributed by atoms with Gasteiger partial charge in [0.15, 0.2) is 0 Å². The maximum atomic E-state index is 12.6. The molecule has 27 heavy (non-hydrogen) atoms. The minimum absolute atomic E-state index is 0.200. The lowest BCUT2D eigenvalue weighted by Crippen LogP contribution is -2.36. The van der Waals surface area contributed by atoms with Crippen LogP contribution in [0.15, 0.2) is 54.2 Å². The molecule has 0 fully saturated rings. The quantitative estimate of drug-likeness (QED) is 0.737. The summed E-state index contributed by atoms with van der Waals surface area (Å²) in [4.78, 5) is 25.1. The molecule has 2 N–H and O–H groups in total. The van der Waals surface area contributed by atoms with Gasteiger partial charge in [0.05, 0.1) is 7.11 Å². The van der Waals surface area contributed by atoms with Crippen molar-refractivity contribution in [2.45, 2.75) is 20.8 Å². The van der Waals surface area contributed by atoms with Gasteiger partial charge in [-0.1, -0.05) is 43.7 Å². The van der Waals surface area contributed by atoms with Crippen LogP contribution in [-0.4, -0.2) is 25.5 Å². The number of carbonyl (C=O) groups excluding carboxylic acids is 2. The molecule has 0 radical (unpaired) electrons. The van der Waals surface area contributed by atoms with Crippen LogP contribution < -0.4 is 15.4 Å². The first-order valence-corrected chi connectivity index (χ1v) is 8.91. The topological polar surface area (TPSA) is 67.4 Å². The highest BCUT2D eigenvalue weighted by atomic mass is 16.5. The molecule has 0 unspecified atom stereocenters. The molecule has 0 aliphatic rings. The SMILES string of the molecule is COc1ccc(C=C(NC(=O)c2ccc(C)cc2)C(=O)NCC(C)C)cc1. The molecule has 0 bridgehead atoms. The second-order valence-electron chi connectivity index (χ2n) is 6.76. The normalized spacial score (nSPS) is 11.2. The van der Waals surface area contributed by atoms with Gasteiger partial charge in [-0.05, 0) is 48.7 Å². The Morgan fingerprint density at radius 3 is 2.22 bits per heavy atom. The third-order valence-corrected chi connectivity index (χ3v) is 3.90. The van der Waals surface area contributed by atoms with Crippen LogP contribution in [0, 0.1) is 12.8 Å². The van der Waals surface area contributed by atoms with E-state index in [1.807, 2.05) is 45.0 Å². The van der Waals surface area contributed by atoms with Crippen molar-refractivity contribution in [2.75, 3.05) is 13.7 Å². The zero-order valence-electron chi connectivity index (χ0n) is 16.2. The number of hydrogen-bond acceptors (Lipinski definition) is 3. The van der Waals surface area contributed by atoms with Crippen LogP contribution in [-0.2, 0) is 4.79 Å². The molecule has 0 aliphatic carbocycles. The maximum Gasteiger partial charge on any atom is 0.267 e. The molecule has 0 aromatic heterocycles. The minimum atomic E-state index is -0.325. The Morgan fingerprint density at radius 2 is 1.67 bits per heavy atom. The Balaban J connectivity index is 2.24. The number of rotatable bonds is 7. The number of hydrogen-bond donors (Lipinski definition) is 2. The fraction of sp³-hybridized carbons (Fsp3) is 0.273. The van der Waals surface area contributed by atoms with E-state index in [1.54, 1.807) is 37.5 Å². The van der Waals surface area contributed by atoms with Gasteiger partial charge in [0.2, 0.25) is 0 Å². The van der Waals surface area contributed by atoms with E-state index >= 15 is 0 Å². The number of amides is 2. The van der Waals surface area contributed by atoms with Crippen LogP contribution in [0.3, 0.4) is 0 Å². The van der Waals surface area contributed by atoms with Crippen molar-refractivity contribution in [3.8, 4) is 5.75 Å². The van der Waals surface area contributed by atoms with Crippen LogP contribution in [0.25, 0.3) is 6.08 Å². The summed E-state index contributed by atoms with van der Waals surface area (Å²) < 4.78 is 5.15. The second kappa shape index (κ2) is 9.57. The molecule has 0 heterocycles. The summed E-state index contributed by atoms with van der Waals surface area (Å²) in [5.41, 5.74) is 2.55. The van der Waals surface area contributed by atoms with E-state index in [1.165, 1.54) is 0 Å². The first kappa shape index (κ1) is 20.2. The minimum Gasteiger partial charge on any atom is -0.497 e. The Kier molecular flexibility index (Phi) is 7.17. The van der Waals surface area contributed by atoms with Gasteiger partial charge in [0, 0.05) is 12.1 Å². The molecule has 5 heteroatoms. The Hall–Kier alpha value is -3.08. The lowest BCUT2D eigenvalue weighted by molar-refractivity contribution is -0.117. The van der Waals surface area contributed by atoms with Gasteiger partial charge in [0.1, 0.15) is 11.4 Å². The predicted molar refractivity (Wildman–Crippen MR) is 107 cm³/mol. The van der Waals surface area contributed by atoms with Gasteiger partial charge in [0.25, 0.3) is 11.8 Å². The maximum absolute atomic E-state index is 12.6. The monoisotopic (exact) mass is 366 g/mol. The van der Waals surface area contributed by atoms with E-state index in [2.05, 4.69) is 10.6 Å². The molecule has 0 atom stereocenters. The first-order valence-electron chi connectivity index (χ1n) is 8.91. The van der Waals surface area contributed by atoms with E-state index in [0.29, 0.717) is 18.0 Å². The highest BCUT2D eigenvalue weighted by Crippen LogP contribution is 2.14. The summed E-state index contributed by atoms with van der Waals surface area (Å²) >= 11 is 0. The summed E-state index contributed by atoms with van der Waals surface area (Å²) in [6, 6.07) is 14.5. The molecule has 2 rings (SSSR count). The smallest absolute Gasteiger partial charge is 0.267 e. The lowest BCUT2D eigenvalue weighted by atomic mass is 10.1. The number of ether oxygens (including phenoxy) is 1. The van der Waals surface area contributed by atoms with Gasteiger partial charge < -0.3 is 15.4 Å². The summed E-state index contributed by atoms with van der Waals surface area (Å²) in [6.45, 7) is 6.51. The zero-order chi connectivity index (χ0) is 19.8. The van der Waals surface area contributed by atoms with Gasteiger partial charge in [-0.2, -0.15) is 0 Å². The second-order valence-corrected chi connectivity index (χ2v) is 6.76. The fourth-order valence-corrected chi connectivity index (χ4v) is 2.32. The van der Waals surface area contributed by atoms with E-state index < -0.39 is 0 Å². The van der Waals surface area contributed by atoms with Crippen molar-refractivity contribution >= 4 is 17.9 Å². The molecule has 0 saturated carbocycles. The van der Waals surface area contributed by atoms with Crippen molar-refractivity contribution in [2.24, 2.45) is 5.92 Å². The van der Waals surface area contributed by atoms with Gasteiger partial charge in [-0.15, -0.1) is 0 Å². The molecular formula is C22H26N2O3. The first-order chi connectivity index (χ1) is 12.9. The van der Waals surface area contributed by atoms with Crippen LogP contribution >= 0.6 is 0 Å². The fourth-order valence-electron chi connectivity index (χ4n) is 2.32. The van der Waals surface area contributed by atoms with Crippen LogP contribution in [0.2, 0.25) is 0 Å². The molecule has 142 valence electrons. The van der Waals surface area contributed by atoms with Crippen molar-refractivity contribution in [3.05, 3.63) is 70.9 Å². The third kappa shape index (κ3) is 6.29. The van der Waals surface area contributed by atoms with E-state index in [-0.39, 0.29) is 17.5 Å². The van der Waals surface area contributed by atoms with Crippen LogP contribution in [0.5, 0.6) is 5.75 Å². The highest BCUT2D eigenvalue weighted by molar-refractivity contribution is 6.05. The predicted octanol–water partition coefficient (Wildman–Crippen LogP) is 3.55. The Labute approximate surface area is 160 Å². The van der Waals surface area contributed by atoms with Gasteiger partial charge in [-0.25, -0.2) is 0 Å². The number of aryl methyl sites for hydroxylation is 1. The average Bonchev–Trinajstić information content (AvgIpc) is 2.66. The molecule has 0 aliphatic heterocycles. The Bertz CT molecular complexity index is 806. The molecule has 2 aromatic rings. The van der Waals surface area contributed by atoms with Crippen molar-refractivity contribution in [1.82, 2.24) is 10.6 Å².